The maximum Gasteiger partial charge on any atom is 0.307 e. The summed E-state index contributed by atoms with van der Waals surface area (Å²) in [5.41, 5.74) is 5.37. The van der Waals surface area contributed by atoms with Crippen LogP contribution in [0.2, 0.25) is 5.02 Å². The van der Waals surface area contributed by atoms with Crippen molar-refractivity contribution in [2.24, 2.45) is 4.99 Å². The first kappa shape index (κ1) is 22.7. The number of fused-ring (bicyclic) bond motifs is 1. The van der Waals surface area contributed by atoms with Crippen LogP contribution in [0, 0.1) is 0 Å². The van der Waals surface area contributed by atoms with Gasteiger partial charge in [-0.1, -0.05) is 54.1 Å². The summed E-state index contributed by atoms with van der Waals surface area (Å²) in [5, 5.41) is 12.5. The zero-order chi connectivity index (χ0) is 23.5. The molecule has 0 spiro atoms. The lowest BCUT2D eigenvalue weighted by Crippen LogP contribution is -2.22. The SMILES string of the molecule is CN(C)Cc1cccc(N=C(c2ccc(CC(=O)O)cc2)C2C(=O)Nc3cc(Cl)ccc32)c1. The molecule has 0 radical (unpaired) electrons. The molecule has 1 heterocycles. The normalized spacial score (nSPS) is 15.5. The molecule has 1 aliphatic heterocycles. The number of anilines is 1. The molecule has 1 unspecified atom stereocenters. The number of carboxylic acids is 1. The Labute approximate surface area is 197 Å². The first-order chi connectivity index (χ1) is 15.8. The van der Waals surface area contributed by atoms with Crippen LogP contribution in [0.3, 0.4) is 0 Å². The fourth-order valence-corrected chi connectivity index (χ4v) is 4.17. The lowest BCUT2D eigenvalue weighted by molar-refractivity contribution is -0.136. The zero-order valence-corrected chi connectivity index (χ0v) is 19.1. The van der Waals surface area contributed by atoms with Gasteiger partial charge in [0.05, 0.1) is 17.8 Å². The second-order valence-corrected chi connectivity index (χ2v) is 8.76. The minimum absolute atomic E-state index is 0.0649. The highest BCUT2D eigenvalue weighted by molar-refractivity contribution is 6.31. The van der Waals surface area contributed by atoms with E-state index < -0.39 is 11.9 Å². The van der Waals surface area contributed by atoms with Crippen LogP contribution in [0.5, 0.6) is 0 Å². The molecule has 6 nitrogen and oxygen atoms in total. The van der Waals surface area contributed by atoms with Gasteiger partial charge >= 0.3 is 5.97 Å². The van der Waals surface area contributed by atoms with Crippen molar-refractivity contribution in [2.75, 3.05) is 19.4 Å². The molecule has 168 valence electrons. The van der Waals surface area contributed by atoms with Crippen molar-refractivity contribution in [3.05, 3.63) is 94.0 Å². The Bertz CT molecular complexity index is 1240. The third kappa shape index (κ3) is 5.30. The molecule has 1 aliphatic rings. The largest absolute Gasteiger partial charge is 0.481 e. The molecule has 3 aromatic carbocycles. The van der Waals surface area contributed by atoms with E-state index in [1.54, 1.807) is 24.3 Å². The van der Waals surface area contributed by atoms with E-state index in [9.17, 15) is 9.59 Å². The molecule has 1 atom stereocenters. The zero-order valence-electron chi connectivity index (χ0n) is 18.4. The molecule has 2 N–H and O–H groups in total. The van der Waals surface area contributed by atoms with Gasteiger partial charge in [-0.15, -0.1) is 0 Å². The number of benzene rings is 3. The van der Waals surface area contributed by atoms with Gasteiger partial charge in [0.2, 0.25) is 5.91 Å². The molecule has 0 bridgehead atoms. The Hall–Kier alpha value is -3.48. The standard InChI is InChI=1S/C26H24ClN3O3/c1-30(2)15-17-4-3-5-20(12-17)28-25(18-8-6-16(7-9-18)13-23(31)32)24-21-11-10-19(27)14-22(21)29-26(24)33/h3-12,14,24H,13,15H2,1-2H3,(H,29,33)(H,31,32). The van der Waals surface area contributed by atoms with Crippen molar-refractivity contribution >= 4 is 40.6 Å². The minimum Gasteiger partial charge on any atom is -0.481 e. The van der Waals surface area contributed by atoms with Crippen molar-refractivity contribution in [2.45, 2.75) is 18.9 Å². The number of carboxylic acid groups (broad SMARTS) is 1. The van der Waals surface area contributed by atoms with Crippen LogP contribution in [0.1, 0.15) is 28.2 Å². The van der Waals surface area contributed by atoms with Crippen molar-refractivity contribution in [1.82, 2.24) is 4.90 Å². The summed E-state index contributed by atoms with van der Waals surface area (Å²) in [4.78, 5) is 31.1. The van der Waals surface area contributed by atoms with Crippen LogP contribution in [-0.2, 0) is 22.6 Å². The molecule has 7 heteroatoms. The predicted octanol–water partition coefficient (Wildman–Crippen LogP) is 4.89. The maximum atomic E-state index is 13.1. The predicted molar refractivity (Wildman–Crippen MR) is 131 cm³/mol. The number of hydrogen-bond acceptors (Lipinski definition) is 4. The molecule has 0 aliphatic carbocycles. The highest BCUT2D eigenvalue weighted by atomic mass is 35.5. The van der Waals surface area contributed by atoms with Crippen molar-refractivity contribution in [3.63, 3.8) is 0 Å². The number of aliphatic imine (C=N–C) groups is 1. The highest BCUT2D eigenvalue weighted by Crippen LogP contribution is 2.37. The van der Waals surface area contributed by atoms with Crippen LogP contribution >= 0.6 is 11.6 Å². The molecule has 1 amide bonds. The monoisotopic (exact) mass is 461 g/mol. The number of aliphatic carboxylic acids is 1. The highest BCUT2D eigenvalue weighted by Gasteiger charge is 2.35. The third-order valence-corrected chi connectivity index (χ3v) is 5.62. The van der Waals surface area contributed by atoms with Crippen molar-refractivity contribution in [3.8, 4) is 0 Å². The summed E-state index contributed by atoms with van der Waals surface area (Å²) >= 11 is 6.13. The Morgan fingerprint density at radius 3 is 2.52 bits per heavy atom. The lowest BCUT2D eigenvalue weighted by Gasteiger charge is -2.15. The van der Waals surface area contributed by atoms with Crippen LogP contribution in [0.4, 0.5) is 11.4 Å². The van der Waals surface area contributed by atoms with Crippen LogP contribution in [-0.4, -0.2) is 41.7 Å². The lowest BCUT2D eigenvalue weighted by atomic mass is 9.90. The summed E-state index contributed by atoms with van der Waals surface area (Å²) in [7, 11) is 4.01. The second kappa shape index (κ2) is 9.57. The van der Waals surface area contributed by atoms with Gasteiger partial charge in [-0.05, 0) is 60.6 Å². The number of nitrogens with zero attached hydrogens (tertiary/aromatic N) is 2. The quantitative estimate of drug-likeness (QED) is 0.491. The van der Waals surface area contributed by atoms with Crippen molar-refractivity contribution < 1.29 is 14.7 Å². The van der Waals surface area contributed by atoms with E-state index in [2.05, 4.69) is 10.2 Å². The van der Waals surface area contributed by atoms with Gasteiger partial charge in [0.1, 0.15) is 5.92 Å². The summed E-state index contributed by atoms with van der Waals surface area (Å²) in [6.07, 6.45) is -0.0649. The number of carbonyl (C=O) groups is 2. The summed E-state index contributed by atoms with van der Waals surface area (Å²) in [5.74, 6) is -1.68. The fourth-order valence-electron chi connectivity index (χ4n) is 4.00. The number of hydrogen-bond donors (Lipinski definition) is 2. The number of rotatable bonds is 7. The van der Waals surface area contributed by atoms with Gasteiger partial charge in [0.25, 0.3) is 0 Å². The van der Waals surface area contributed by atoms with Crippen LogP contribution in [0.15, 0.2) is 71.7 Å². The maximum absolute atomic E-state index is 13.1. The molecular formula is C26H24ClN3O3. The summed E-state index contributed by atoms with van der Waals surface area (Å²) < 4.78 is 0. The van der Waals surface area contributed by atoms with Crippen molar-refractivity contribution in [1.29, 1.82) is 0 Å². The Balaban J connectivity index is 1.81. The first-order valence-corrected chi connectivity index (χ1v) is 10.9. The molecule has 3 aromatic rings. The van der Waals surface area contributed by atoms with Gasteiger partial charge in [0.15, 0.2) is 0 Å². The molecular weight excluding hydrogens is 438 g/mol. The molecule has 33 heavy (non-hydrogen) atoms. The Morgan fingerprint density at radius 2 is 1.82 bits per heavy atom. The molecule has 0 aromatic heterocycles. The van der Waals surface area contributed by atoms with E-state index >= 15 is 0 Å². The average molecular weight is 462 g/mol. The van der Waals surface area contributed by atoms with E-state index in [4.69, 9.17) is 21.7 Å². The van der Waals surface area contributed by atoms with E-state index in [-0.39, 0.29) is 12.3 Å². The van der Waals surface area contributed by atoms with Gasteiger partial charge < -0.3 is 15.3 Å². The van der Waals surface area contributed by atoms with E-state index in [0.717, 1.165) is 28.9 Å². The third-order valence-electron chi connectivity index (χ3n) is 5.38. The minimum atomic E-state index is -0.893. The average Bonchev–Trinajstić information content (AvgIpc) is 3.06. The van der Waals surface area contributed by atoms with Gasteiger partial charge in [-0.2, -0.15) is 0 Å². The molecule has 0 fully saturated rings. The van der Waals surface area contributed by atoms with Crippen LogP contribution in [0.25, 0.3) is 0 Å². The Kier molecular flexibility index (Phi) is 6.58. The summed E-state index contributed by atoms with van der Waals surface area (Å²) in [6.45, 7) is 0.772. The number of carbonyl (C=O) groups excluding carboxylic acids is 1. The summed E-state index contributed by atoms with van der Waals surface area (Å²) in [6, 6.07) is 20.4. The van der Waals surface area contributed by atoms with Gasteiger partial charge in [-0.3, -0.25) is 14.6 Å². The second-order valence-electron chi connectivity index (χ2n) is 8.33. The number of nitrogens with one attached hydrogen (secondary N) is 1. The van der Waals surface area contributed by atoms with E-state index in [0.29, 0.717) is 22.0 Å². The van der Waals surface area contributed by atoms with E-state index in [1.165, 1.54) is 0 Å². The molecule has 0 saturated carbocycles. The van der Waals surface area contributed by atoms with Crippen LogP contribution < -0.4 is 5.32 Å². The fraction of sp³-hybridized carbons (Fsp3) is 0.192. The number of amides is 1. The Morgan fingerprint density at radius 1 is 1.06 bits per heavy atom. The first-order valence-electron chi connectivity index (χ1n) is 10.5. The van der Waals surface area contributed by atoms with Gasteiger partial charge in [0, 0.05) is 17.3 Å². The molecule has 4 rings (SSSR count). The van der Waals surface area contributed by atoms with Gasteiger partial charge in [-0.25, -0.2) is 0 Å². The molecule has 0 saturated heterocycles. The smallest absolute Gasteiger partial charge is 0.307 e. The van der Waals surface area contributed by atoms with E-state index in [1.807, 2.05) is 56.6 Å². The number of halogens is 1. The topological polar surface area (TPSA) is 82.0 Å².